The van der Waals surface area contributed by atoms with E-state index in [9.17, 15) is 4.39 Å². The van der Waals surface area contributed by atoms with Crippen molar-refractivity contribution in [1.82, 2.24) is 5.06 Å². The van der Waals surface area contributed by atoms with Gasteiger partial charge in [0.05, 0.1) is 11.2 Å². The maximum atomic E-state index is 14.0. The number of halogens is 2. The minimum atomic E-state index is -0.993. The fraction of sp³-hybridized carbons (Fsp3) is 0.458. The summed E-state index contributed by atoms with van der Waals surface area (Å²) >= 11 is 6.09. The largest absolute Gasteiger partial charge is 0.489 e. The SMILES string of the molecule is CN1OC2(C[C@H]([C@H]3CCOC(C)(C)C3)Oc3ccc(-c4cc(F)cc(Cl)c4)cc32)N=C1N. The van der Waals surface area contributed by atoms with Crippen molar-refractivity contribution in [2.75, 3.05) is 13.7 Å². The van der Waals surface area contributed by atoms with Crippen LogP contribution in [0.5, 0.6) is 5.75 Å². The highest BCUT2D eigenvalue weighted by Gasteiger charge is 2.51. The molecule has 5 rings (SSSR count). The van der Waals surface area contributed by atoms with Crippen molar-refractivity contribution in [3.05, 3.63) is 52.8 Å². The lowest BCUT2D eigenvalue weighted by molar-refractivity contribution is -0.198. The quantitative estimate of drug-likeness (QED) is 0.695. The second kappa shape index (κ2) is 7.61. The monoisotopic (exact) mass is 459 g/mol. The van der Waals surface area contributed by atoms with Crippen molar-refractivity contribution in [2.24, 2.45) is 16.6 Å². The van der Waals surface area contributed by atoms with Crippen LogP contribution in [0.4, 0.5) is 4.39 Å². The molecule has 3 aliphatic heterocycles. The molecule has 3 atom stereocenters. The van der Waals surface area contributed by atoms with Gasteiger partial charge in [0.25, 0.3) is 0 Å². The van der Waals surface area contributed by atoms with Crippen molar-refractivity contribution in [2.45, 2.75) is 50.5 Å². The van der Waals surface area contributed by atoms with Crippen LogP contribution in [0, 0.1) is 11.7 Å². The maximum absolute atomic E-state index is 14.0. The summed E-state index contributed by atoms with van der Waals surface area (Å²) in [4.78, 5) is 11.0. The Morgan fingerprint density at radius 3 is 2.66 bits per heavy atom. The van der Waals surface area contributed by atoms with E-state index in [1.54, 1.807) is 13.1 Å². The average Bonchev–Trinajstić information content (AvgIpc) is 3.00. The van der Waals surface area contributed by atoms with E-state index in [2.05, 4.69) is 13.8 Å². The lowest BCUT2D eigenvalue weighted by Gasteiger charge is -2.44. The van der Waals surface area contributed by atoms with Gasteiger partial charge < -0.3 is 15.2 Å². The molecule has 0 saturated carbocycles. The molecule has 0 radical (unpaired) electrons. The number of hydrogen-bond acceptors (Lipinski definition) is 6. The molecule has 1 fully saturated rings. The number of hydroxylamine groups is 2. The summed E-state index contributed by atoms with van der Waals surface area (Å²) in [5, 5.41) is 1.83. The van der Waals surface area contributed by atoms with Crippen LogP contribution in [0.25, 0.3) is 11.1 Å². The Hall–Kier alpha value is -2.35. The first kappa shape index (κ1) is 21.5. The molecule has 1 unspecified atom stereocenters. The van der Waals surface area contributed by atoms with Gasteiger partial charge in [0.1, 0.15) is 17.7 Å². The number of guanidine groups is 1. The first-order chi connectivity index (χ1) is 15.1. The highest BCUT2D eigenvalue weighted by molar-refractivity contribution is 6.30. The minimum absolute atomic E-state index is 0.0943. The number of benzene rings is 2. The van der Waals surface area contributed by atoms with Gasteiger partial charge in [0, 0.05) is 31.0 Å². The molecule has 170 valence electrons. The second-order valence-electron chi connectivity index (χ2n) is 9.43. The number of ether oxygens (including phenoxy) is 2. The number of hydrogen-bond donors (Lipinski definition) is 1. The molecule has 3 aliphatic rings. The molecule has 6 nitrogen and oxygen atoms in total. The van der Waals surface area contributed by atoms with Crippen molar-refractivity contribution in [3.63, 3.8) is 0 Å². The molecule has 0 amide bonds. The summed E-state index contributed by atoms with van der Waals surface area (Å²) < 4.78 is 26.4. The minimum Gasteiger partial charge on any atom is -0.489 e. The molecular weight excluding hydrogens is 433 g/mol. The number of rotatable bonds is 2. The molecular formula is C24H27ClFN3O3. The van der Waals surface area contributed by atoms with Gasteiger partial charge in [-0.25, -0.2) is 19.3 Å². The van der Waals surface area contributed by atoms with E-state index < -0.39 is 11.5 Å². The van der Waals surface area contributed by atoms with E-state index in [0.29, 0.717) is 41.2 Å². The Labute approximate surface area is 192 Å². The molecule has 2 aromatic rings. The summed E-state index contributed by atoms with van der Waals surface area (Å²) in [5.74, 6) is 0.917. The van der Waals surface area contributed by atoms with Crippen LogP contribution >= 0.6 is 11.6 Å². The first-order valence-corrected chi connectivity index (χ1v) is 11.2. The Morgan fingerprint density at radius 1 is 1.16 bits per heavy atom. The highest BCUT2D eigenvalue weighted by Crippen LogP contribution is 2.50. The summed E-state index contributed by atoms with van der Waals surface area (Å²) in [5.41, 5.74) is 7.16. The van der Waals surface area contributed by atoms with E-state index in [4.69, 9.17) is 36.6 Å². The van der Waals surface area contributed by atoms with E-state index in [1.165, 1.54) is 17.2 Å². The third kappa shape index (κ3) is 3.83. The first-order valence-electron chi connectivity index (χ1n) is 10.8. The highest BCUT2D eigenvalue weighted by atomic mass is 35.5. The fourth-order valence-corrected chi connectivity index (χ4v) is 5.25. The number of nitrogens with zero attached hydrogens (tertiary/aromatic N) is 2. The molecule has 1 saturated heterocycles. The molecule has 3 heterocycles. The average molecular weight is 460 g/mol. The van der Waals surface area contributed by atoms with Crippen molar-refractivity contribution < 1.29 is 18.7 Å². The Morgan fingerprint density at radius 2 is 1.97 bits per heavy atom. The van der Waals surface area contributed by atoms with Crippen LogP contribution in [0.3, 0.4) is 0 Å². The Bertz CT molecular complexity index is 1070. The molecule has 2 N–H and O–H groups in total. The summed E-state index contributed by atoms with van der Waals surface area (Å²) in [6.45, 7) is 4.92. The lowest BCUT2D eigenvalue weighted by Crippen LogP contribution is -2.46. The van der Waals surface area contributed by atoms with Crippen LogP contribution in [0.15, 0.2) is 41.4 Å². The standard InChI is InChI=1S/C24H27ClFN3O3/c1-23(2)12-15(6-7-30-23)21-13-24(28-22(27)29(3)32-24)19-10-14(4-5-20(19)31-21)16-8-17(25)11-18(26)9-16/h4-5,8-11,15,21H,6-7,12-13H2,1-3H3,(H2,27,28)/t15-,21+,24?/m0/s1. The maximum Gasteiger partial charge on any atom is 0.221 e. The van der Waals surface area contributed by atoms with Crippen LogP contribution in [0.2, 0.25) is 5.02 Å². The van der Waals surface area contributed by atoms with Crippen LogP contribution in [0.1, 0.15) is 38.7 Å². The molecule has 0 aromatic heterocycles. The topological polar surface area (TPSA) is 69.3 Å². The Kier molecular flexibility index (Phi) is 5.11. The van der Waals surface area contributed by atoms with Gasteiger partial charge in [-0.2, -0.15) is 0 Å². The summed E-state index contributed by atoms with van der Waals surface area (Å²) in [7, 11) is 1.74. The number of nitrogens with two attached hydrogens (primary N) is 1. The number of fused-ring (bicyclic) bond motifs is 2. The zero-order chi connectivity index (χ0) is 22.7. The molecule has 2 aromatic carbocycles. The molecule has 8 heteroatoms. The zero-order valence-electron chi connectivity index (χ0n) is 18.4. The number of aliphatic imine (C=N–C) groups is 1. The smallest absolute Gasteiger partial charge is 0.221 e. The van der Waals surface area contributed by atoms with Crippen molar-refractivity contribution >= 4 is 17.6 Å². The normalized spacial score (nSPS) is 28.9. The third-order valence-corrected chi connectivity index (χ3v) is 6.74. The van der Waals surface area contributed by atoms with Gasteiger partial charge in [-0.15, -0.1) is 0 Å². The second-order valence-corrected chi connectivity index (χ2v) is 9.87. The van der Waals surface area contributed by atoms with E-state index in [0.717, 1.165) is 24.0 Å². The van der Waals surface area contributed by atoms with Crippen molar-refractivity contribution in [1.29, 1.82) is 0 Å². The molecule has 32 heavy (non-hydrogen) atoms. The van der Waals surface area contributed by atoms with E-state index in [1.807, 2.05) is 18.2 Å². The van der Waals surface area contributed by atoms with E-state index in [-0.39, 0.29) is 11.7 Å². The van der Waals surface area contributed by atoms with Gasteiger partial charge in [0.2, 0.25) is 11.7 Å². The lowest BCUT2D eigenvalue weighted by atomic mass is 9.79. The predicted octanol–water partition coefficient (Wildman–Crippen LogP) is 4.85. The fourth-order valence-electron chi connectivity index (χ4n) is 5.03. The van der Waals surface area contributed by atoms with Gasteiger partial charge in [-0.3, -0.25) is 0 Å². The van der Waals surface area contributed by atoms with Gasteiger partial charge in [-0.1, -0.05) is 17.7 Å². The zero-order valence-corrected chi connectivity index (χ0v) is 19.2. The van der Waals surface area contributed by atoms with Crippen LogP contribution in [-0.2, 0) is 15.3 Å². The Balaban J connectivity index is 1.57. The van der Waals surface area contributed by atoms with Gasteiger partial charge in [0.15, 0.2) is 0 Å². The predicted molar refractivity (Wildman–Crippen MR) is 121 cm³/mol. The molecule has 0 aliphatic carbocycles. The van der Waals surface area contributed by atoms with Crippen LogP contribution < -0.4 is 10.5 Å². The summed E-state index contributed by atoms with van der Waals surface area (Å²) in [6, 6.07) is 10.2. The van der Waals surface area contributed by atoms with Crippen LogP contribution in [-0.4, -0.2) is 36.4 Å². The van der Waals surface area contributed by atoms with Crippen molar-refractivity contribution in [3.8, 4) is 16.9 Å². The molecule has 1 spiro atoms. The molecule has 0 bridgehead atoms. The summed E-state index contributed by atoms with van der Waals surface area (Å²) in [6.07, 6.45) is 2.23. The van der Waals surface area contributed by atoms with Gasteiger partial charge in [-0.05, 0) is 68.1 Å². The third-order valence-electron chi connectivity index (χ3n) is 6.52. The van der Waals surface area contributed by atoms with Gasteiger partial charge >= 0.3 is 0 Å². The van der Waals surface area contributed by atoms with E-state index >= 15 is 0 Å².